The minimum atomic E-state index is -4.56. The van der Waals surface area contributed by atoms with Crippen molar-refractivity contribution in [3.63, 3.8) is 0 Å². The van der Waals surface area contributed by atoms with Crippen molar-refractivity contribution in [1.29, 1.82) is 0 Å². The van der Waals surface area contributed by atoms with E-state index < -0.39 is 33.8 Å². The summed E-state index contributed by atoms with van der Waals surface area (Å²) in [6, 6.07) is 21.7. The number of carbonyl (C=O) groups excluding carboxylic acids is 1. The van der Waals surface area contributed by atoms with Gasteiger partial charge in [-0.15, -0.1) is 0 Å². The summed E-state index contributed by atoms with van der Waals surface area (Å²) < 4.78 is 80.4. The lowest BCUT2D eigenvalue weighted by Gasteiger charge is -2.33. The average Bonchev–Trinajstić information content (AvgIpc) is 2.99. The van der Waals surface area contributed by atoms with Crippen molar-refractivity contribution in [3.8, 4) is 17.2 Å². The molecule has 0 atom stereocenters. The largest absolute Gasteiger partial charge is 0.490 e. The maximum absolute atomic E-state index is 13.5. The number of benzene rings is 4. The maximum atomic E-state index is 13.5. The normalized spacial score (nSPS) is 14.2. The number of ether oxygens (including phenoxy) is 2. The number of sulfonamides is 1. The van der Waals surface area contributed by atoms with Crippen molar-refractivity contribution in [3.05, 3.63) is 112 Å². The lowest BCUT2D eigenvalue weighted by molar-refractivity contribution is -0.139. The molecular weight excluding hydrogens is 640 g/mol. The number of piperidine rings is 1. The van der Waals surface area contributed by atoms with E-state index in [0.717, 1.165) is 6.07 Å². The molecule has 13 heteroatoms. The van der Waals surface area contributed by atoms with Crippen LogP contribution in [-0.4, -0.2) is 38.4 Å². The summed E-state index contributed by atoms with van der Waals surface area (Å²) in [6.07, 6.45) is -4.54. The molecule has 1 saturated heterocycles. The van der Waals surface area contributed by atoms with Crippen LogP contribution in [0.2, 0.25) is 10.0 Å². The zero-order valence-electron chi connectivity index (χ0n) is 22.9. The van der Waals surface area contributed by atoms with Gasteiger partial charge < -0.3 is 14.4 Å². The second-order valence-electron chi connectivity index (χ2n) is 9.90. The van der Waals surface area contributed by atoms with Gasteiger partial charge >= 0.3 is 6.18 Å². The number of likely N-dealkylation sites (tertiary alicyclic amines) is 1. The maximum Gasteiger partial charge on any atom is 0.419 e. The Bertz CT molecular complexity index is 1760. The molecule has 0 spiro atoms. The molecule has 44 heavy (non-hydrogen) atoms. The molecule has 7 nitrogen and oxygen atoms in total. The molecule has 0 saturated carbocycles. The first-order valence-corrected chi connectivity index (χ1v) is 15.6. The summed E-state index contributed by atoms with van der Waals surface area (Å²) in [5.74, 6) is 0.0326. The highest BCUT2D eigenvalue weighted by Gasteiger charge is 2.35. The Hall–Kier alpha value is -3.93. The van der Waals surface area contributed by atoms with Crippen LogP contribution in [0.4, 0.5) is 18.9 Å². The Morgan fingerprint density at radius 1 is 0.864 bits per heavy atom. The van der Waals surface area contributed by atoms with Gasteiger partial charge in [-0.2, -0.15) is 13.2 Å². The Morgan fingerprint density at radius 3 is 2.16 bits per heavy atom. The van der Waals surface area contributed by atoms with Gasteiger partial charge in [0.2, 0.25) is 0 Å². The van der Waals surface area contributed by atoms with Crippen molar-refractivity contribution in [1.82, 2.24) is 4.90 Å². The smallest absolute Gasteiger partial charge is 0.419 e. The van der Waals surface area contributed by atoms with Crippen LogP contribution in [0.5, 0.6) is 17.2 Å². The average molecular weight is 666 g/mol. The predicted octanol–water partition coefficient (Wildman–Crippen LogP) is 8.29. The van der Waals surface area contributed by atoms with Crippen LogP contribution in [0, 0.1) is 0 Å². The number of hydrogen-bond donors (Lipinski definition) is 1. The number of hydrogen-bond acceptors (Lipinski definition) is 5. The molecule has 1 aliphatic heterocycles. The summed E-state index contributed by atoms with van der Waals surface area (Å²) in [6.45, 7) is 0.368. The highest BCUT2D eigenvalue weighted by Crippen LogP contribution is 2.37. The van der Waals surface area contributed by atoms with Gasteiger partial charge in [0.05, 0.1) is 26.7 Å². The quantitative estimate of drug-likeness (QED) is 0.205. The van der Waals surface area contributed by atoms with Crippen LogP contribution in [0.1, 0.15) is 28.8 Å². The summed E-state index contributed by atoms with van der Waals surface area (Å²) in [5, 5.41) is 0.619. The van der Waals surface area contributed by atoms with Crippen molar-refractivity contribution in [2.45, 2.75) is 30.0 Å². The molecule has 1 aliphatic rings. The standard InChI is InChI=1S/C31H25Cl2F3N2O5S/c32-20-9-14-27(37-44(40,41)23-12-10-21(11-13-23)43-29-8-4-2-6-26(29)33)24(19-20)30(39)38-17-15-22(16-18-38)42-28-7-3-1-5-25(28)31(34,35)36/h1-14,19,22,37H,15-18H2. The minimum absolute atomic E-state index is 0.0215. The fourth-order valence-corrected chi connectivity index (χ4v) is 6.08. The zero-order valence-corrected chi connectivity index (χ0v) is 25.2. The number of rotatable bonds is 8. The van der Waals surface area contributed by atoms with Crippen molar-refractivity contribution in [2.75, 3.05) is 17.8 Å². The molecule has 1 N–H and O–H groups in total. The molecule has 1 heterocycles. The summed E-state index contributed by atoms with van der Waals surface area (Å²) in [5.41, 5.74) is -0.813. The fourth-order valence-electron chi connectivity index (χ4n) is 4.66. The summed E-state index contributed by atoms with van der Waals surface area (Å²) in [7, 11) is -4.13. The predicted molar refractivity (Wildman–Crippen MR) is 161 cm³/mol. The molecule has 230 valence electrons. The monoisotopic (exact) mass is 664 g/mol. The Morgan fingerprint density at radius 2 is 1.50 bits per heavy atom. The van der Waals surface area contributed by atoms with Crippen molar-refractivity contribution >= 4 is 44.8 Å². The van der Waals surface area contributed by atoms with Gasteiger partial charge in [-0.3, -0.25) is 9.52 Å². The number of halogens is 5. The number of amides is 1. The number of para-hydroxylation sites is 2. The highest BCUT2D eigenvalue weighted by molar-refractivity contribution is 7.92. The van der Waals surface area contributed by atoms with E-state index in [0.29, 0.717) is 16.5 Å². The second-order valence-corrected chi connectivity index (χ2v) is 12.4. The third kappa shape index (κ3) is 7.40. The van der Waals surface area contributed by atoms with Gasteiger partial charge in [-0.25, -0.2) is 8.42 Å². The third-order valence-electron chi connectivity index (χ3n) is 6.87. The van der Waals surface area contributed by atoms with Crippen LogP contribution < -0.4 is 14.2 Å². The van der Waals surface area contributed by atoms with E-state index in [1.807, 2.05) is 0 Å². The first-order valence-electron chi connectivity index (χ1n) is 13.4. The minimum Gasteiger partial charge on any atom is -0.490 e. The van der Waals surface area contributed by atoms with E-state index in [4.69, 9.17) is 32.7 Å². The first kappa shape index (κ1) is 31.5. The van der Waals surface area contributed by atoms with Gasteiger partial charge in [0.25, 0.3) is 15.9 Å². The van der Waals surface area contributed by atoms with Crippen molar-refractivity contribution < 1.29 is 35.9 Å². The molecule has 0 radical (unpaired) electrons. The molecule has 0 bridgehead atoms. The van der Waals surface area contributed by atoms with Gasteiger partial charge in [0.1, 0.15) is 23.4 Å². The number of anilines is 1. The SMILES string of the molecule is O=C(c1cc(Cl)ccc1NS(=O)(=O)c1ccc(Oc2ccccc2Cl)cc1)N1CCC(Oc2ccccc2C(F)(F)F)CC1. The molecule has 4 aromatic carbocycles. The molecule has 0 aromatic heterocycles. The van der Waals surface area contributed by atoms with Gasteiger partial charge in [-0.1, -0.05) is 47.5 Å². The van der Waals surface area contributed by atoms with E-state index in [1.54, 1.807) is 24.3 Å². The van der Waals surface area contributed by atoms with Gasteiger partial charge in [0, 0.05) is 31.0 Å². The molecule has 0 unspecified atom stereocenters. The Balaban J connectivity index is 1.26. The first-order chi connectivity index (χ1) is 20.9. The third-order valence-corrected chi connectivity index (χ3v) is 8.80. The van der Waals surface area contributed by atoms with E-state index in [9.17, 15) is 26.4 Å². The van der Waals surface area contributed by atoms with Crippen LogP contribution in [-0.2, 0) is 16.2 Å². The van der Waals surface area contributed by atoms with Gasteiger partial charge in [0.15, 0.2) is 0 Å². The second kappa shape index (κ2) is 13.0. The van der Waals surface area contributed by atoms with Crippen LogP contribution in [0.25, 0.3) is 0 Å². The topological polar surface area (TPSA) is 84.9 Å². The van der Waals surface area contributed by atoms with Gasteiger partial charge in [-0.05, 0) is 66.7 Å². The van der Waals surface area contributed by atoms with Crippen LogP contribution in [0.3, 0.4) is 0 Å². The number of carbonyl (C=O) groups is 1. The van der Waals surface area contributed by atoms with E-state index in [1.165, 1.54) is 65.6 Å². The zero-order chi connectivity index (χ0) is 31.5. The van der Waals surface area contributed by atoms with Crippen LogP contribution in [0.15, 0.2) is 95.9 Å². The summed E-state index contributed by atoms with van der Waals surface area (Å²) in [4.78, 5) is 14.9. The van der Waals surface area contributed by atoms with E-state index in [-0.39, 0.29) is 52.8 Å². The fraction of sp³-hybridized carbons (Fsp3) is 0.194. The van der Waals surface area contributed by atoms with Crippen molar-refractivity contribution in [2.24, 2.45) is 0 Å². The van der Waals surface area contributed by atoms with Crippen LogP contribution >= 0.6 is 23.2 Å². The molecule has 1 amide bonds. The Labute approximate surface area is 262 Å². The van der Waals surface area contributed by atoms with E-state index >= 15 is 0 Å². The lowest BCUT2D eigenvalue weighted by atomic mass is 10.0. The molecule has 5 rings (SSSR count). The lowest BCUT2D eigenvalue weighted by Crippen LogP contribution is -2.42. The highest BCUT2D eigenvalue weighted by atomic mass is 35.5. The molecule has 1 fully saturated rings. The van der Waals surface area contributed by atoms with E-state index in [2.05, 4.69) is 4.72 Å². The molecule has 0 aliphatic carbocycles. The summed E-state index contributed by atoms with van der Waals surface area (Å²) >= 11 is 12.3. The molecular formula is C31H25Cl2F3N2O5S. The molecule has 4 aromatic rings. The number of nitrogens with zero attached hydrogens (tertiary/aromatic N) is 1. The Kier molecular flexibility index (Phi) is 9.28. The number of nitrogens with one attached hydrogen (secondary N) is 1. The number of alkyl halides is 3.